The van der Waals surface area contributed by atoms with Gasteiger partial charge in [-0.25, -0.2) is 12.2 Å². The van der Waals surface area contributed by atoms with Crippen LogP contribution >= 0.6 is 0 Å². The molecule has 1 aliphatic carbocycles. The summed E-state index contributed by atoms with van der Waals surface area (Å²) in [7, 11) is 0. The Hall–Kier alpha value is 0.284. The third-order valence-electron chi connectivity index (χ3n) is 4.10. The SMILES string of the molecule is Cc1cc(C(C)(C)C2=[C-]C=CC2)cc(C)c1C.[Cl-].[Cl-].[Cl-].[Ti+4]. The molecule has 1 aromatic carbocycles. The Morgan fingerprint density at radius 3 is 1.81 bits per heavy atom. The van der Waals surface area contributed by atoms with Gasteiger partial charge in [-0.1, -0.05) is 32.4 Å². The van der Waals surface area contributed by atoms with Crippen molar-refractivity contribution in [3.8, 4) is 0 Å². The van der Waals surface area contributed by atoms with Gasteiger partial charge in [-0.3, -0.25) is 6.08 Å². The van der Waals surface area contributed by atoms with Crippen LogP contribution in [-0.2, 0) is 27.1 Å². The molecule has 0 heterocycles. The Kier molecular flexibility index (Phi) is 12.6. The first kappa shape index (κ1) is 26.2. The molecule has 0 aromatic heterocycles. The van der Waals surface area contributed by atoms with Crippen molar-refractivity contribution in [1.29, 1.82) is 0 Å². The number of aryl methyl sites for hydroxylation is 2. The fraction of sp³-hybridized carbons (Fsp3) is 0.412. The molecule has 0 radical (unpaired) electrons. The Morgan fingerprint density at radius 1 is 0.952 bits per heavy atom. The molecule has 0 unspecified atom stereocenters. The maximum absolute atomic E-state index is 3.38. The van der Waals surface area contributed by atoms with Crippen LogP contribution in [0, 0.1) is 26.8 Å². The number of hydrogen-bond acceptors (Lipinski definition) is 0. The summed E-state index contributed by atoms with van der Waals surface area (Å²) in [4.78, 5) is 0. The van der Waals surface area contributed by atoms with Gasteiger partial charge in [-0.2, -0.15) is 5.57 Å². The zero-order valence-electron chi connectivity index (χ0n) is 13.2. The number of halogens is 3. The summed E-state index contributed by atoms with van der Waals surface area (Å²) < 4.78 is 0. The van der Waals surface area contributed by atoms with Gasteiger partial charge in [-0.15, -0.1) is 0 Å². The van der Waals surface area contributed by atoms with Gasteiger partial charge in [0.1, 0.15) is 0 Å². The zero-order chi connectivity index (χ0) is 12.6. The standard InChI is InChI=1S/C17H21.3ClH.Ti/c1-12-10-16(11-13(2)14(12)3)17(4,5)15-8-6-7-9-15;;;;/h6-7,10-11H,8H2,1-5H3;3*1H;/q-1;;;;+4/p-3. The molecule has 0 spiro atoms. The zero-order valence-corrected chi connectivity index (χ0v) is 17.0. The Bertz CT molecular complexity index is 494. The van der Waals surface area contributed by atoms with Gasteiger partial charge in [-0.05, 0) is 48.4 Å². The van der Waals surface area contributed by atoms with Gasteiger partial charge in [0.25, 0.3) is 0 Å². The van der Waals surface area contributed by atoms with Crippen LogP contribution in [0.2, 0.25) is 0 Å². The van der Waals surface area contributed by atoms with Crippen molar-refractivity contribution in [3.63, 3.8) is 0 Å². The Labute approximate surface area is 163 Å². The molecule has 114 valence electrons. The molecular formula is C17H21Cl3Ti. The van der Waals surface area contributed by atoms with E-state index in [0.717, 1.165) is 6.42 Å². The Balaban J connectivity index is -0.000000810. The van der Waals surface area contributed by atoms with Gasteiger partial charge in [0.05, 0.1) is 0 Å². The van der Waals surface area contributed by atoms with Crippen LogP contribution in [0.5, 0.6) is 0 Å². The third-order valence-corrected chi connectivity index (χ3v) is 4.10. The summed E-state index contributed by atoms with van der Waals surface area (Å²) in [5, 5.41) is 0. The first-order chi connectivity index (χ1) is 7.93. The molecule has 21 heavy (non-hydrogen) atoms. The van der Waals surface area contributed by atoms with Crippen LogP contribution in [0.3, 0.4) is 0 Å². The molecule has 4 heteroatoms. The second kappa shape index (κ2) is 10.1. The summed E-state index contributed by atoms with van der Waals surface area (Å²) in [6.45, 7) is 11.2. The second-order valence-electron chi connectivity index (χ2n) is 5.59. The summed E-state index contributed by atoms with van der Waals surface area (Å²) in [5.41, 5.74) is 7.07. The van der Waals surface area contributed by atoms with Gasteiger partial charge in [0.15, 0.2) is 0 Å². The summed E-state index contributed by atoms with van der Waals surface area (Å²) in [6.07, 6.45) is 8.66. The van der Waals surface area contributed by atoms with Gasteiger partial charge < -0.3 is 37.2 Å². The molecule has 1 aromatic rings. The molecule has 1 aliphatic rings. The van der Waals surface area contributed by atoms with E-state index in [1.165, 1.54) is 27.8 Å². The fourth-order valence-electron chi connectivity index (χ4n) is 2.40. The largest absolute Gasteiger partial charge is 4.00 e. The number of rotatable bonds is 2. The van der Waals surface area contributed by atoms with Crippen molar-refractivity contribution >= 4 is 0 Å². The third kappa shape index (κ3) is 5.45. The van der Waals surface area contributed by atoms with Crippen LogP contribution in [0.25, 0.3) is 0 Å². The van der Waals surface area contributed by atoms with E-state index >= 15 is 0 Å². The van der Waals surface area contributed by atoms with Crippen LogP contribution < -0.4 is 37.2 Å². The molecule has 0 aliphatic heterocycles. The normalized spacial score (nSPS) is 12.3. The summed E-state index contributed by atoms with van der Waals surface area (Å²) in [5.74, 6) is 0. The molecule has 0 amide bonds. The number of benzene rings is 1. The predicted molar refractivity (Wildman–Crippen MR) is 74.2 cm³/mol. The molecular weight excluding hydrogens is 358 g/mol. The Morgan fingerprint density at radius 2 is 1.43 bits per heavy atom. The van der Waals surface area contributed by atoms with Gasteiger partial charge in [0, 0.05) is 0 Å². The van der Waals surface area contributed by atoms with Gasteiger partial charge >= 0.3 is 21.7 Å². The average Bonchev–Trinajstić information content (AvgIpc) is 2.79. The first-order valence-corrected chi connectivity index (χ1v) is 6.29. The fourth-order valence-corrected chi connectivity index (χ4v) is 2.40. The predicted octanol–water partition coefficient (Wildman–Crippen LogP) is -4.41. The van der Waals surface area contributed by atoms with Crippen molar-refractivity contribution < 1.29 is 58.9 Å². The molecule has 2 rings (SSSR count). The molecule has 0 bridgehead atoms. The summed E-state index contributed by atoms with van der Waals surface area (Å²) in [6, 6.07) is 4.66. The average molecular weight is 380 g/mol. The number of allylic oxidation sites excluding steroid dienone is 4. The minimum Gasteiger partial charge on any atom is -1.00 e. The van der Waals surface area contributed by atoms with Crippen molar-refractivity contribution in [2.45, 2.75) is 46.5 Å². The maximum atomic E-state index is 3.38. The summed E-state index contributed by atoms with van der Waals surface area (Å²) >= 11 is 0. The van der Waals surface area contributed by atoms with Crippen LogP contribution in [-0.4, -0.2) is 0 Å². The monoisotopic (exact) mass is 378 g/mol. The maximum Gasteiger partial charge on any atom is 4.00 e. The van der Waals surface area contributed by atoms with E-state index in [9.17, 15) is 0 Å². The van der Waals surface area contributed by atoms with Crippen molar-refractivity contribution in [2.24, 2.45) is 0 Å². The minimum absolute atomic E-state index is 0. The van der Waals surface area contributed by atoms with Crippen LogP contribution in [0.1, 0.15) is 42.5 Å². The smallest absolute Gasteiger partial charge is 1.00 e. The van der Waals surface area contributed by atoms with E-state index in [0.29, 0.717) is 0 Å². The van der Waals surface area contributed by atoms with E-state index in [1.807, 2.05) is 6.08 Å². The van der Waals surface area contributed by atoms with Crippen molar-refractivity contribution in [2.75, 3.05) is 0 Å². The van der Waals surface area contributed by atoms with Gasteiger partial charge in [0.2, 0.25) is 0 Å². The molecule has 0 atom stereocenters. The van der Waals surface area contributed by atoms with E-state index in [1.54, 1.807) is 0 Å². The second-order valence-corrected chi connectivity index (χ2v) is 5.59. The van der Waals surface area contributed by atoms with E-state index in [4.69, 9.17) is 0 Å². The van der Waals surface area contributed by atoms with E-state index in [-0.39, 0.29) is 64.4 Å². The quantitative estimate of drug-likeness (QED) is 0.360. The minimum atomic E-state index is 0. The number of hydrogen-bond donors (Lipinski definition) is 0. The molecule has 0 fully saturated rings. The van der Waals surface area contributed by atoms with Crippen LogP contribution in [0.15, 0.2) is 29.9 Å². The molecule has 0 N–H and O–H groups in total. The van der Waals surface area contributed by atoms with Crippen molar-refractivity contribution in [3.05, 3.63) is 58.2 Å². The first-order valence-electron chi connectivity index (χ1n) is 6.29. The molecule has 0 nitrogen and oxygen atoms in total. The van der Waals surface area contributed by atoms with Crippen molar-refractivity contribution in [1.82, 2.24) is 0 Å². The molecule has 0 saturated heterocycles. The topological polar surface area (TPSA) is 0 Å². The van der Waals surface area contributed by atoms with E-state index in [2.05, 4.69) is 58.9 Å². The van der Waals surface area contributed by atoms with E-state index < -0.39 is 0 Å². The molecule has 0 saturated carbocycles. The van der Waals surface area contributed by atoms with Crippen LogP contribution in [0.4, 0.5) is 0 Å².